The zero-order chi connectivity index (χ0) is 23.5. The lowest BCUT2D eigenvalue weighted by Crippen LogP contribution is -2.22. The number of halogens is 1. The molecule has 2 aromatic carbocycles. The number of benzene rings is 2. The van der Waals surface area contributed by atoms with Gasteiger partial charge in [-0.05, 0) is 28.7 Å². The summed E-state index contributed by atoms with van der Waals surface area (Å²) in [5.41, 5.74) is 5.12. The molecule has 9 heteroatoms. The van der Waals surface area contributed by atoms with Crippen molar-refractivity contribution in [3.8, 4) is 11.3 Å². The maximum Gasteiger partial charge on any atom is 0.254 e. The van der Waals surface area contributed by atoms with Crippen LogP contribution in [-0.2, 0) is 13.1 Å². The van der Waals surface area contributed by atoms with Crippen LogP contribution in [-0.4, -0.2) is 28.4 Å². The highest BCUT2D eigenvalue weighted by Gasteiger charge is 2.12. The Bertz CT molecular complexity index is 1450. The van der Waals surface area contributed by atoms with E-state index in [1.54, 1.807) is 16.8 Å². The van der Waals surface area contributed by atoms with Crippen molar-refractivity contribution in [3.63, 3.8) is 0 Å². The topological polar surface area (TPSA) is 84.5 Å². The molecule has 0 aliphatic carbocycles. The Hall–Kier alpha value is -4.04. The van der Waals surface area contributed by atoms with E-state index in [1.807, 2.05) is 54.6 Å². The van der Waals surface area contributed by atoms with Crippen LogP contribution >= 0.6 is 11.6 Å². The molecule has 0 bridgehead atoms. The lowest BCUT2D eigenvalue weighted by atomic mass is 10.0. The highest BCUT2D eigenvalue weighted by Crippen LogP contribution is 2.28. The highest BCUT2D eigenvalue weighted by molar-refractivity contribution is 6.36. The maximum absolute atomic E-state index is 12.1. The number of nitrogens with one attached hydrogen (secondary N) is 2. The van der Waals surface area contributed by atoms with E-state index in [1.165, 1.54) is 12.5 Å². The molecule has 1 amide bonds. The molecule has 2 N–H and O–H groups in total. The van der Waals surface area contributed by atoms with Crippen molar-refractivity contribution in [2.45, 2.75) is 13.1 Å². The molecule has 5 aromatic rings. The smallest absolute Gasteiger partial charge is 0.254 e. The summed E-state index contributed by atoms with van der Waals surface area (Å²) in [5, 5.41) is 11.2. The van der Waals surface area contributed by atoms with Gasteiger partial charge in [-0.1, -0.05) is 54.1 Å². The van der Waals surface area contributed by atoms with Gasteiger partial charge in [-0.2, -0.15) is 9.61 Å². The van der Waals surface area contributed by atoms with Gasteiger partial charge in [0.1, 0.15) is 19.9 Å². The normalized spacial score (nSPS) is 11.0. The molecule has 0 aliphatic rings. The monoisotopic (exact) mass is 467 g/mol. The fraction of sp³-hybridized carbons (Fsp3) is 0.0800. The number of carbonyl (C=O) groups is 1. The molecule has 3 heterocycles. The summed E-state index contributed by atoms with van der Waals surface area (Å²) in [7, 11) is 6.09. The maximum atomic E-state index is 12.1. The minimum absolute atomic E-state index is 0.172. The molecular weight excluding hydrogens is 449 g/mol. The Morgan fingerprint density at radius 1 is 1.06 bits per heavy atom. The van der Waals surface area contributed by atoms with E-state index in [0.29, 0.717) is 40.5 Å². The van der Waals surface area contributed by atoms with E-state index in [9.17, 15) is 4.79 Å². The third-order valence-corrected chi connectivity index (χ3v) is 5.71. The molecule has 7 nitrogen and oxygen atoms in total. The van der Waals surface area contributed by atoms with E-state index in [2.05, 4.69) is 20.7 Å². The number of carbonyl (C=O) groups excluding carboxylic acids is 1. The van der Waals surface area contributed by atoms with Gasteiger partial charge in [-0.15, -0.1) is 0 Å². The molecule has 0 spiro atoms. The number of fused-ring (bicyclic) bond motifs is 1. The van der Waals surface area contributed by atoms with Gasteiger partial charge in [0.15, 0.2) is 5.65 Å². The van der Waals surface area contributed by atoms with Crippen LogP contribution in [0.3, 0.4) is 0 Å². The van der Waals surface area contributed by atoms with Gasteiger partial charge in [0.2, 0.25) is 0 Å². The third kappa shape index (κ3) is 4.53. The minimum atomic E-state index is -0.172. The van der Waals surface area contributed by atoms with Crippen molar-refractivity contribution in [1.29, 1.82) is 0 Å². The quantitative estimate of drug-likeness (QED) is 0.354. The molecule has 2 radical (unpaired) electrons. The van der Waals surface area contributed by atoms with Crippen molar-refractivity contribution in [3.05, 3.63) is 101 Å². The van der Waals surface area contributed by atoms with E-state index in [-0.39, 0.29) is 5.91 Å². The summed E-state index contributed by atoms with van der Waals surface area (Å²) >= 11 is 6.39. The summed E-state index contributed by atoms with van der Waals surface area (Å²) in [4.78, 5) is 16.7. The number of anilines is 1. The van der Waals surface area contributed by atoms with Crippen LogP contribution < -0.4 is 16.1 Å². The van der Waals surface area contributed by atoms with Crippen molar-refractivity contribution in [2.75, 3.05) is 5.32 Å². The third-order valence-electron chi connectivity index (χ3n) is 5.38. The molecule has 0 unspecified atom stereocenters. The summed E-state index contributed by atoms with van der Waals surface area (Å²) in [6, 6.07) is 19.1. The molecule has 0 atom stereocenters. The zero-order valence-corrected chi connectivity index (χ0v) is 18.8. The second kappa shape index (κ2) is 9.45. The van der Waals surface area contributed by atoms with Crippen LogP contribution in [0, 0.1) is 0 Å². The Balaban J connectivity index is 1.31. The Kier molecular flexibility index (Phi) is 6.06. The summed E-state index contributed by atoms with van der Waals surface area (Å²) in [5.74, 6) is 0.571. The molecule has 0 saturated heterocycles. The van der Waals surface area contributed by atoms with Gasteiger partial charge in [0.25, 0.3) is 5.91 Å². The molecule has 166 valence electrons. The van der Waals surface area contributed by atoms with Gasteiger partial charge >= 0.3 is 0 Å². The van der Waals surface area contributed by atoms with Crippen molar-refractivity contribution in [2.24, 2.45) is 0 Å². The second-order valence-corrected chi connectivity index (χ2v) is 8.11. The van der Waals surface area contributed by atoms with Gasteiger partial charge in [-0.25, -0.2) is 4.98 Å². The first-order chi connectivity index (χ1) is 16.6. The van der Waals surface area contributed by atoms with Gasteiger partial charge in [0, 0.05) is 35.9 Å². The molecule has 0 fully saturated rings. The first kappa shape index (κ1) is 21.8. The molecule has 0 aliphatic heterocycles. The number of aromatic nitrogens is 3. The van der Waals surface area contributed by atoms with Crippen molar-refractivity contribution < 1.29 is 9.21 Å². The SMILES string of the molecule is [B]c1cnn2c(NCc3ccc(CNC(=O)c4ccoc4)cc3)cc(-c3ccccc3Cl)nc12. The number of nitrogens with zero attached hydrogens (tertiary/aromatic N) is 3. The van der Waals surface area contributed by atoms with Gasteiger partial charge in [0.05, 0.1) is 17.5 Å². The summed E-state index contributed by atoms with van der Waals surface area (Å²) in [6.45, 7) is 0.985. The fourth-order valence-corrected chi connectivity index (χ4v) is 3.79. The Labute approximate surface area is 202 Å². The van der Waals surface area contributed by atoms with Crippen LogP contribution in [0.15, 0.2) is 83.8 Å². The number of furan rings is 1. The molecular formula is C25H19BClN5O2. The Morgan fingerprint density at radius 3 is 2.56 bits per heavy atom. The van der Waals surface area contributed by atoms with E-state index in [0.717, 1.165) is 22.5 Å². The van der Waals surface area contributed by atoms with Gasteiger partial charge < -0.3 is 15.1 Å². The zero-order valence-electron chi connectivity index (χ0n) is 18.0. The predicted molar refractivity (Wildman–Crippen MR) is 132 cm³/mol. The van der Waals surface area contributed by atoms with E-state index >= 15 is 0 Å². The van der Waals surface area contributed by atoms with Crippen LogP contribution in [0.5, 0.6) is 0 Å². The lowest BCUT2D eigenvalue weighted by molar-refractivity contribution is 0.0950. The first-order valence-electron chi connectivity index (χ1n) is 10.6. The van der Waals surface area contributed by atoms with Crippen molar-refractivity contribution in [1.82, 2.24) is 19.9 Å². The number of hydrogen-bond acceptors (Lipinski definition) is 5. The predicted octanol–water partition coefficient (Wildman–Crippen LogP) is 3.98. The van der Waals surface area contributed by atoms with Crippen LogP contribution in [0.2, 0.25) is 5.02 Å². The van der Waals surface area contributed by atoms with Crippen molar-refractivity contribution >= 4 is 42.3 Å². The minimum Gasteiger partial charge on any atom is -0.472 e. The largest absolute Gasteiger partial charge is 0.472 e. The highest BCUT2D eigenvalue weighted by atomic mass is 35.5. The fourth-order valence-electron chi connectivity index (χ4n) is 3.56. The standard InChI is InChI=1S/C25H19BClN5O2/c26-20-14-30-32-23(11-22(31-24(20)32)19-3-1-2-4-21(19)27)28-12-16-5-7-17(8-6-16)13-29-25(33)18-9-10-34-15-18/h1-11,14-15,28H,12-13H2,(H,29,33). The second-order valence-electron chi connectivity index (χ2n) is 7.71. The van der Waals surface area contributed by atoms with Crippen LogP contribution in [0.4, 0.5) is 5.82 Å². The molecule has 5 rings (SSSR count). The summed E-state index contributed by atoms with van der Waals surface area (Å²) < 4.78 is 6.62. The number of amides is 1. The first-order valence-corrected chi connectivity index (χ1v) is 11.0. The number of rotatable bonds is 7. The summed E-state index contributed by atoms with van der Waals surface area (Å²) in [6.07, 6.45) is 4.48. The van der Waals surface area contributed by atoms with Crippen LogP contribution in [0.1, 0.15) is 21.5 Å². The van der Waals surface area contributed by atoms with E-state index in [4.69, 9.17) is 23.9 Å². The lowest BCUT2D eigenvalue weighted by Gasteiger charge is -2.12. The van der Waals surface area contributed by atoms with Gasteiger partial charge in [-0.3, -0.25) is 4.79 Å². The average Bonchev–Trinajstić information content (AvgIpc) is 3.53. The molecule has 34 heavy (non-hydrogen) atoms. The van der Waals surface area contributed by atoms with Crippen LogP contribution in [0.25, 0.3) is 16.9 Å². The molecule has 0 saturated carbocycles. The van der Waals surface area contributed by atoms with E-state index < -0.39 is 0 Å². The molecule has 3 aromatic heterocycles. The number of hydrogen-bond donors (Lipinski definition) is 2. The average molecular weight is 468 g/mol. The Morgan fingerprint density at radius 2 is 1.82 bits per heavy atom.